The van der Waals surface area contributed by atoms with Crippen molar-refractivity contribution in [3.63, 3.8) is 0 Å². The van der Waals surface area contributed by atoms with Crippen LogP contribution in [-0.4, -0.2) is 61.4 Å². The van der Waals surface area contributed by atoms with E-state index in [1.165, 1.54) is 0 Å². The molecule has 1 aliphatic rings. The monoisotopic (exact) mass is 547 g/mol. The molecular weight excluding hydrogens is 506 g/mol. The smallest absolute Gasteiger partial charge is 0.412 e. The van der Waals surface area contributed by atoms with Crippen molar-refractivity contribution in [2.24, 2.45) is 4.58 Å². The van der Waals surface area contributed by atoms with Gasteiger partial charge in [-0.1, -0.05) is 47.5 Å². The molecule has 11 heteroatoms. The van der Waals surface area contributed by atoms with E-state index in [9.17, 15) is 19.6 Å². The van der Waals surface area contributed by atoms with Crippen LogP contribution in [-0.2, 0) is 11.2 Å². The zero-order chi connectivity index (χ0) is 28.0. The number of amides is 1. The minimum atomic E-state index is -2.10. The number of nitroso groups, excluding NO2 is 1. The topological polar surface area (TPSA) is 141 Å². The van der Waals surface area contributed by atoms with Crippen molar-refractivity contribution in [2.45, 2.75) is 50.8 Å². The highest BCUT2D eigenvalue weighted by molar-refractivity contribution is 8.36. The van der Waals surface area contributed by atoms with Gasteiger partial charge in [0.05, 0.1) is 5.25 Å². The van der Waals surface area contributed by atoms with Crippen LogP contribution in [0.2, 0.25) is 0 Å². The molecule has 0 saturated carbocycles. The van der Waals surface area contributed by atoms with E-state index in [4.69, 9.17) is 4.74 Å². The molecule has 1 heterocycles. The zero-order valence-corrected chi connectivity index (χ0v) is 23.5. The fourth-order valence-electron chi connectivity index (χ4n) is 4.45. The second-order valence-corrected chi connectivity index (χ2v) is 12.0. The number of rotatable bonds is 15. The number of carboxylic acid groups (broad SMARTS) is 1. The summed E-state index contributed by atoms with van der Waals surface area (Å²) < 4.78 is 8.99. The minimum absolute atomic E-state index is 0.185. The second kappa shape index (κ2) is 15.8. The quantitative estimate of drug-likeness (QED) is 0.125. The number of nitrogens with one attached hydrogen (secondary N) is 4. The molecular formula is C27H41N5O5S. The molecule has 1 saturated heterocycles. The highest BCUT2D eigenvalue weighted by atomic mass is 32.3. The summed E-state index contributed by atoms with van der Waals surface area (Å²) in [6.07, 6.45) is 9.58. The van der Waals surface area contributed by atoms with Gasteiger partial charge >= 0.3 is 12.1 Å². The van der Waals surface area contributed by atoms with Crippen LogP contribution in [0.25, 0.3) is 0 Å². The summed E-state index contributed by atoms with van der Waals surface area (Å²) in [5.74, 6) is 0.0448. The number of carboxylic acids is 1. The van der Waals surface area contributed by atoms with E-state index in [1.807, 2.05) is 38.3 Å². The van der Waals surface area contributed by atoms with E-state index in [0.717, 1.165) is 29.0 Å². The molecule has 10 nitrogen and oxygen atoms in total. The third kappa shape index (κ3) is 8.35. The molecule has 1 fully saturated rings. The van der Waals surface area contributed by atoms with E-state index in [0.29, 0.717) is 31.0 Å². The molecule has 1 aromatic carbocycles. The van der Waals surface area contributed by atoms with E-state index >= 15 is 0 Å². The van der Waals surface area contributed by atoms with Gasteiger partial charge in [0, 0.05) is 49.1 Å². The van der Waals surface area contributed by atoms with Gasteiger partial charge in [-0.05, 0) is 55.5 Å². The van der Waals surface area contributed by atoms with Gasteiger partial charge in [0.1, 0.15) is 11.8 Å². The molecule has 0 bridgehead atoms. The number of benzene rings is 1. The number of allylic oxidation sites excluding steroid dienone is 3. The number of hydrogen-bond donors (Lipinski definition) is 5. The summed E-state index contributed by atoms with van der Waals surface area (Å²) in [7, 11) is 1.48. The number of aliphatic carboxylic acids is 1. The lowest BCUT2D eigenvalue weighted by molar-refractivity contribution is -0.139. The Bertz CT molecular complexity index is 1030. The standard InChI is InChI=1S/C27H41N5O5S/c1-5-8-22(19-29-4)38(32-36)17-7-10-25(38)23(9-6-2)31-24(26(33)34)18-20-11-13-21(14-12-20)37-27(35)30-16-15-28-3/h5,8-9,11-14,19,24-25,28-29,31H,6-7,10,15-18H2,1-4H3,(H,30,35)(H,33,34)/b8-5-,22-19+,23-9+/t24?,25-/m0/s1. The number of ether oxygens (including phenoxy) is 1. The molecule has 0 aliphatic carbocycles. The van der Waals surface area contributed by atoms with Gasteiger partial charge in [0.15, 0.2) is 0 Å². The highest BCUT2D eigenvalue weighted by Gasteiger charge is 2.44. The first-order valence-corrected chi connectivity index (χ1v) is 14.7. The molecule has 0 radical (unpaired) electrons. The number of nitrogens with zero attached hydrogens (tertiary/aromatic N) is 1. The van der Waals surface area contributed by atoms with Crippen molar-refractivity contribution in [2.75, 3.05) is 32.9 Å². The number of hydrogen-bond acceptors (Lipinski definition) is 8. The van der Waals surface area contributed by atoms with Gasteiger partial charge in [-0.3, -0.25) is 0 Å². The Labute approximate surface area is 226 Å². The summed E-state index contributed by atoms with van der Waals surface area (Å²) >= 11 is 0. The Morgan fingerprint density at radius 1 is 1.24 bits per heavy atom. The Balaban J connectivity index is 2.22. The lowest BCUT2D eigenvalue weighted by Crippen LogP contribution is -2.41. The maximum Gasteiger partial charge on any atom is 0.412 e. The summed E-state index contributed by atoms with van der Waals surface area (Å²) in [6, 6.07) is 5.86. The van der Waals surface area contributed by atoms with Crippen molar-refractivity contribution in [3.8, 4) is 5.75 Å². The van der Waals surface area contributed by atoms with Gasteiger partial charge in [0.2, 0.25) is 0 Å². The van der Waals surface area contributed by atoms with E-state index in [2.05, 4.69) is 25.8 Å². The molecule has 2 rings (SSSR count). The maximum absolute atomic E-state index is 12.4. The zero-order valence-electron chi connectivity index (χ0n) is 22.7. The van der Waals surface area contributed by atoms with Crippen LogP contribution in [0.1, 0.15) is 38.7 Å². The molecule has 210 valence electrons. The van der Waals surface area contributed by atoms with Crippen LogP contribution >= 0.6 is 10.2 Å². The van der Waals surface area contributed by atoms with Crippen molar-refractivity contribution in [3.05, 3.63) is 69.8 Å². The predicted molar refractivity (Wildman–Crippen MR) is 154 cm³/mol. The van der Waals surface area contributed by atoms with Crippen LogP contribution in [0.3, 0.4) is 0 Å². The first kappa shape index (κ1) is 30.9. The molecule has 1 aliphatic heterocycles. The molecule has 2 unspecified atom stereocenters. The second-order valence-electron chi connectivity index (χ2n) is 8.87. The van der Waals surface area contributed by atoms with E-state index in [1.54, 1.807) is 38.4 Å². The van der Waals surface area contributed by atoms with Gasteiger partial charge in [0.25, 0.3) is 0 Å². The van der Waals surface area contributed by atoms with Crippen molar-refractivity contribution in [1.82, 2.24) is 21.3 Å². The third-order valence-corrected chi connectivity index (χ3v) is 9.86. The van der Waals surface area contributed by atoms with Crippen molar-refractivity contribution >= 4 is 22.3 Å². The molecule has 5 N–H and O–H groups in total. The SMILES string of the molecule is C/C=C\C(=C/NC)S1(N=O)CCC[C@H]1/C(=C\CC)NC(Cc1ccc(OC(=O)NCCNC)cc1)C(=O)O. The highest BCUT2D eigenvalue weighted by Crippen LogP contribution is 2.67. The van der Waals surface area contributed by atoms with Gasteiger partial charge in [-0.2, -0.15) is 0 Å². The molecule has 1 aromatic rings. The summed E-state index contributed by atoms with van der Waals surface area (Å²) in [4.78, 5) is 37.4. The van der Waals surface area contributed by atoms with Crippen LogP contribution in [0.5, 0.6) is 5.75 Å². The molecule has 0 spiro atoms. The lowest BCUT2D eigenvalue weighted by Gasteiger charge is -2.37. The minimum Gasteiger partial charge on any atom is -0.480 e. The lowest BCUT2D eigenvalue weighted by atomic mass is 10.0. The molecule has 0 aromatic heterocycles. The number of carbonyl (C=O) groups is 2. The summed E-state index contributed by atoms with van der Waals surface area (Å²) in [5.41, 5.74) is 1.53. The van der Waals surface area contributed by atoms with Gasteiger partial charge in [-0.15, -0.1) is 4.91 Å². The van der Waals surface area contributed by atoms with Crippen molar-refractivity contribution in [1.29, 1.82) is 0 Å². The average Bonchev–Trinajstić information content (AvgIpc) is 3.34. The van der Waals surface area contributed by atoms with Gasteiger partial charge < -0.3 is 31.1 Å². The molecule has 3 atom stereocenters. The summed E-state index contributed by atoms with van der Waals surface area (Å²) in [5, 5.41) is 21.7. The van der Waals surface area contributed by atoms with E-state index in [-0.39, 0.29) is 11.7 Å². The fraction of sp³-hybridized carbons (Fsp3) is 0.481. The Morgan fingerprint density at radius 2 is 1.97 bits per heavy atom. The largest absolute Gasteiger partial charge is 0.480 e. The Hall–Kier alpha value is -3.31. The van der Waals surface area contributed by atoms with Crippen molar-refractivity contribution < 1.29 is 19.4 Å². The Morgan fingerprint density at radius 3 is 2.55 bits per heavy atom. The number of carbonyl (C=O) groups excluding carboxylic acids is 1. The van der Waals surface area contributed by atoms with Crippen LogP contribution in [0.4, 0.5) is 4.79 Å². The molecule has 1 amide bonds. The summed E-state index contributed by atoms with van der Waals surface area (Å²) in [6.45, 7) is 4.96. The Kier molecular flexibility index (Phi) is 12.9. The van der Waals surface area contributed by atoms with Gasteiger partial charge in [-0.25, -0.2) is 9.59 Å². The normalized spacial score (nSPS) is 22.4. The van der Waals surface area contributed by atoms with E-state index < -0.39 is 28.3 Å². The fourth-order valence-corrected chi connectivity index (χ4v) is 8.00. The third-order valence-electron chi connectivity index (χ3n) is 6.18. The van der Waals surface area contributed by atoms with Crippen LogP contribution in [0, 0.1) is 4.91 Å². The van der Waals surface area contributed by atoms with Crippen LogP contribution in [0.15, 0.2) is 63.9 Å². The molecule has 38 heavy (non-hydrogen) atoms. The predicted octanol–water partition coefficient (Wildman–Crippen LogP) is 4.16. The first-order chi connectivity index (χ1) is 18.3. The average molecular weight is 548 g/mol. The van der Waals surface area contributed by atoms with Crippen LogP contribution < -0.4 is 26.0 Å². The maximum atomic E-state index is 12.4. The number of likely N-dealkylation sites (N-methyl/N-ethyl adjacent to an activating group) is 1. The first-order valence-electron chi connectivity index (χ1n) is 12.9.